The molecule has 1 rings (SSSR count). The number of anilines is 1. The largest absolute Gasteiger partial charge is 0.326 e. The van der Waals surface area contributed by atoms with E-state index in [2.05, 4.69) is 22.5 Å². The Balaban J connectivity index is 2.58. The summed E-state index contributed by atoms with van der Waals surface area (Å²) in [5, 5.41) is 5.58. The average Bonchev–Trinajstić information content (AvgIpc) is 2.30. The third kappa shape index (κ3) is 5.28. The van der Waals surface area contributed by atoms with Crippen molar-refractivity contribution in [2.24, 2.45) is 0 Å². The minimum atomic E-state index is -0.295. The van der Waals surface area contributed by atoms with Crippen LogP contribution in [-0.2, 0) is 9.59 Å². The Labute approximate surface area is 107 Å². The normalized spacial score (nSPS) is 9.22. The van der Waals surface area contributed by atoms with Gasteiger partial charge in [0.25, 0.3) is 0 Å². The molecule has 0 fully saturated rings. The Morgan fingerprint density at radius 1 is 1.22 bits per heavy atom. The molecule has 1 aromatic carbocycles. The highest BCUT2D eigenvalue weighted by Crippen LogP contribution is 2.09. The first-order valence-corrected chi connectivity index (χ1v) is 5.64. The molecule has 94 valence electrons. The van der Waals surface area contributed by atoms with Crippen molar-refractivity contribution in [3.63, 3.8) is 0 Å². The van der Waals surface area contributed by atoms with Gasteiger partial charge in [0.05, 0.1) is 13.0 Å². The molecular weight excluding hydrogens is 228 g/mol. The molecule has 2 N–H and O–H groups in total. The predicted molar refractivity (Wildman–Crippen MR) is 71.2 cm³/mol. The number of hydrogen-bond donors (Lipinski definition) is 2. The van der Waals surface area contributed by atoms with Crippen LogP contribution in [0.3, 0.4) is 0 Å². The van der Waals surface area contributed by atoms with Crippen molar-refractivity contribution in [2.75, 3.05) is 18.9 Å². The molecule has 0 aliphatic heterocycles. The minimum Gasteiger partial charge on any atom is -0.326 e. The Morgan fingerprint density at radius 2 is 1.89 bits per heavy atom. The fraction of sp³-hybridized carbons (Fsp3) is 0.286. The fourth-order valence-corrected chi connectivity index (χ4v) is 1.30. The zero-order valence-corrected chi connectivity index (χ0v) is 10.5. The number of benzene rings is 1. The maximum absolute atomic E-state index is 11.4. The molecular formula is C14H16N2O2. The van der Waals surface area contributed by atoms with Crippen LogP contribution in [0.25, 0.3) is 0 Å². The Hall–Kier alpha value is -2.12. The molecule has 0 saturated heterocycles. The van der Waals surface area contributed by atoms with E-state index >= 15 is 0 Å². The van der Waals surface area contributed by atoms with Crippen LogP contribution in [0.5, 0.6) is 0 Å². The molecule has 4 nitrogen and oxygen atoms in total. The number of Topliss-reactive ketones (excluding diaryl/α,β-unsaturated/α-hetero) is 1. The van der Waals surface area contributed by atoms with Gasteiger partial charge in [0.1, 0.15) is 5.78 Å². The molecule has 1 amide bonds. The van der Waals surface area contributed by atoms with Crippen LogP contribution in [0.15, 0.2) is 24.3 Å². The maximum atomic E-state index is 11.4. The third-order valence-corrected chi connectivity index (χ3v) is 2.08. The SMILES string of the molecule is CNCC#Cc1ccc(NC(=O)CC(C)=O)cc1. The number of ketones is 1. The summed E-state index contributed by atoms with van der Waals surface area (Å²) in [6.07, 6.45) is -0.0935. The lowest BCUT2D eigenvalue weighted by Gasteiger charge is -2.03. The van der Waals surface area contributed by atoms with Crippen molar-refractivity contribution in [1.82, 2.24) is 5.32 Å². The molecule has 0 aliphatic rings. The molecule has 4 heteroatoms. The van der Waals surface area contributed by atoms with E-state index in [1.165, 1.54) is 6.92 Å². The number of carbonyl (C=O) groups excluding carboxylic acids is 2. The Kier molecular flexibility index (Phi) is 5.62. The van der Waals surface area contributed by atoms with Gasteiger partial charge in [0.2, 0.25) is 5.91 Å². The molecule has 0 heterocycles. The van der Waals surface area contributed by atoms with Crippen molar-refractivity contribution >= 4 is 17.4 Å². The summed E-state index contributed by atoms with van der Waals surface area (Å²) in [7, 11) is 1.84. The van der Waals surface area contributed by atoms with Crippen LogP contribution >= 0.6 is 0 Å². The van der Waals surface area contributed by atoms with Crippen molar-refractivity contribution < 1.29 is 9.59 Å². The van der Waals surface area contributed by atoms with Gasteiger partial charge < -0.3 is 10.6 Å². The van der Waals surface area contributed by atoms with E-state index in [4.69, 9.17) is 0 Å². The molecule has 18 heavy (non-hydrogen) atoms. The summed E-state index contributed by atoms with van der Waals surface area (Å²) in [5.74, 6) is 5.48. The molecule has 0 saturated carbocycles. The standard InChI is InChI=1S/C14H16N2O2/c1-11(17)10-14(18)16-13-7-5-12(6-8-13)4-3-9-15-2/h5-8,15H,9-10H2,1-2H3,(H,16,18). The number of rotatable bonds is 4. The summed E-state index contributed by atoms with van der Waals surface area (Å²) in [6.45, 7) is 2.02. The van der Waals surface area contributed by atoms with E-state index in [0.29, 0.717) is 12.2 Å². The summed E-state index contributed by atoms with van der Waals surface area (Å²) >= 11 is 0. The summed E-state index contributed by atoms with van der Waals surface area (Å²) in [6, 6.07) is 7.18. The van der Waals surface area contributed by atoms with Crippen LogP contribution in [0.1, 0.15) is 18.9 Å². The molecule has 0 radical (unpaired) electrons. The van der Waals surface area contributed by atoms with Crippen LogP contribution in [0, 0.1) is 11.8 Å². The van der Waals surface area contributed by atoms with E-state index in [9.17, 15) is 9.59 Å². The van der Waals surface area contributed by atoms with E-state index in [-0.39, 0.29) is 18.1 Å². The first kappa shape index (κ1) is 13.9. The van der Waals surface area contributed by atoms with Gasteiger partial charge in [0.15, 0.2) is 0 Å². The molecule has 0 atom stereocenters. The summed E-state index contributed by atoms with van der Waals surface area (Å²) < 4.78 is 0. The quantitative estimate of drug-likeness (QED) is 0.617. The maximum Gasteiger partial charge on any atom is 0.231 e. The van der Waals surface area contributed by atoms with Crippen LogP contribution < -0.4 is 10.6 Å². The topological polar surface area (TPSA) is 58.2 Å². The highest BCUT2D eigenvalue weighted by atomic mass is 16.2. The second-order valence-electron chi connectivity index (χ2n) is 3.84. The van der Waals surface area contributed by atoms with Gasteiger partial charge in [-0.05, 0) is 38.2 Å². The Morgan fingerprint density at radius 3 is 2.44 bits per heavy atom. The smallest absolute Gasteiger partial charge is 0.231 e. The zero-order valence-electron chi connectivity index (χ0n) is 10.5. The van der Waals surface area contributed by atoms with E-state index in [0.717, 1.165) is 5.56 Å². The molecule has 0 unspecified atom stereocenters. The number of amides is 1. The highest BCUT2D eigenvalue weighted by molar-refractivity contribution is 6.03. The van der Waals surface area contributed by atoms with Gasteiger partial charge >= 0.3 is 0 Å². The van der Waals surface area contributed by atoms with Crippen LogP contribution in [0.2, 0.25) is 0 Å². The van der Waals surface area contributed by atoms with Gasteiger partial charge in [0, 0.05) is 11.3 Å². The zero-order chi connectivity index (χ0) is 13.4. The fourth-order valence-electron chi connectivity index (χ4n) is 1.30. The van der Waals surface area contributed by atoms with E-state index < -0.39 is 0 Å². The lowest BCUT2D eigenvalue weighted by atomic mass is 10.2. The monoisotopic (exact) mass is 244 g/mol. The second kappa shape index (κ2) is 7.25. The predicted octanol–water partition coefficient (Wildman–Crippen LogP) is 1.18. The van der Waals surface area contributed by atoms with Gasteiger partial charge in [-0.25, -0.2) is 0 Å². The first-order valence-electron chi connectivity index (χ1n) is 5.64. The molecule has 0 spiro atoms. The van der Waals surface area contributed by atoms with Gasteiger partial charge in [-0.1, -0.05) is 11.8 Å². The van der Waals surface area contributed by atoms with E-state index in [1.807, 2.05) is 19.2 Å². The number of hydrogen-bond acceptors (Lipinski definition) is 3. The summed E-state index contributed by atoms with van der Waals surface area (Å²) in [5.41, 5.74) is 1.55. The number of nitrogens with one attached hydrogen (secondary N) is 2. The molecule has 0 aliphatic carbocycles. The van der Waals surface area contributed by atoms with Crippen molar-refractivity contribution in [3.05, 3.63) is 29.8 Å². The van der Waals surface area contributed by atoms with Crippen LogP contribution in [0.4, 0.5) is 5.69 Å². The molecule has 0 aromatic heterocycles. The van der Waals surface area contributed by atoms with Crippen LogP contribution in [-0.4, -0.2) is 25.3 Å². The lowest BCUT2D eigenvalue weighted by molar-refractivity contribution is -0.124. The van der Waals surface area contributed by atoms with Gasteiger partial charge in [-0.3, -0.25) is 9.59 Å². The van der Waals surface area contributed by atoms with Gasteiger partial charge in [-0.15, -0.1) is 0 Å². The molecule has 1 aromatic rings. The second-order valence-corrected chi connectivity index (χ2v) is 3.84. The number of carbonyl (C=O) groups is 2. The van der Waals surface area contributed by atoms with Crippen molar-refractivity contribution in [2.45, 2.75) is 13.3 Å². The van der Waals surface area contributed by atoms with Gasteiger partial charge in [-0.2, -0.15) is 0 Å². The lowest BCUT2D eigenvalue weighted by Crippen LogP contribution is -2.14. The minimum absolute atomic E-state index is 0.0935. The van der Waals surface area contributed by atoms with Crippen molar-refractivity contribution in [1.29, 1.82) is 0 Å². The third-order valence-electron chi connectivity index (χ3n) is 2.08. The van der Waals surface area contributed by atoms with Crippen molar-refractivity contribution in [3.8, 4) is 11.8 Å². The first-order chi connectivity index (χ1) is 8.61. The summed E-state index contributed by atoms with van der Waals surface area (Å²) in [4.78, 5) is 22.1. The van der Waals surface area contributed by atoms with E-state index in [1.54, 1.807) is 12.1 Å². The average molecular weight is 244 g/mol. The molecule has 0 bridgehead atoms. The highest BCUT2D eigenvalue weighted by Gasteiger charge is 2.04. The Bertz CT molecular complexity index is 481.